The van der Waals surface area contributed by atoms with Crippen molar-refractivity contribution in [1.29, 1.82) is 0 Å². The average molecular weight is 252 g/mol. The van der Waals surface area contributed by atoms with Crippen LogP contribution in [0.5, 0.6) is 0 Å². The molecule has 0 aliphatic carbocycles. The lowest BCUT2D eigenvalue weighted by Gasteiger charge is -2.21. The van der Waals surface area contributed by atoms with Crippen molar-refractivity contribution in [3.05, 3.63) is 35.6 Å². The van der Waals surface area contributed by atoms with Crippen LogP contribution in [0.25, 0.3) is 0 Å². The second-order valence-corrected chi connectivity index (χ2v) is 4.66. The van der Waals surface area contributed by atoms with Crippen molar-refractivity contribution in [1.82, 2.24) is 5.32 Å². The normalized spacial score (nSPS) is 15.8. The van der Waals surface area contributed by atoms with E-state index in [-0.39, 0.29) is 23.7 Å². The van der Waals surface area contributed by atoms with Crippen molar-refractivity contribution >= 4 is 5.91 Å². The van der Waals surface area contributed by atoms with Gasteiger partial charge >= 0.3 is 0 Å². The summed E-state index contributed by atoms with van der Waals surface area (Å²) in [5.74, 6) is -0.444. The van der Waals surface area contributed by atoms with Crippen molar-refractivity contribution in [2.75, 3.05) is 0 Å². The van der Waals surface area contributed by atoms with Crippen LogP contribution in [-0.2, 0) is 4.79 Å². The first-order valence-electron chi connectivity index (χ1n) is 6.27. The third-order valence-electron chi connectivity index (χ3n) is 3.29. The highest BCUT2D eigenvalue weighted by molar-refractivity contribution is 5.82. The van der Waals surface area contributed by atoms with Gasteiger partial charge in [-0.15, -0.1) is 0 Å². The number of nitrogens with one attached hydrogen (secondary N) is 1. The van der Waals surface area contributed by atoms with Gasteiger partial charge in [-0.2, -0.15) is 0 Å². The summed E-state index contributed by atoms with van der Waals surface area (Å²) in [5.41, 5.74) is 6.30. The third-order valence-corrected chi connectivity index (χ3v) is 3.29. The molecular weight excluding hydrogens is 231 g/mol. The molecule has 0 saturated carbocycles. The molecule has 1 unspecified atom stereocenters. The summed E-state index contributed by atoms with van der Waals surface area (Å²) in [4.78, 5) is 11.9. The van der Waals surface area contributed by atoms with E-state index in [2.05, 4.69) is 5.32 Å². The minimum absolute atomic E-state index is 0.109. The van der Waals surface area contributed by atoms with Crippen LogP contribution >= 0.6 is 0 Å². The standard InChI is InChI=1S/C14H21FN2O/c1-4-9(2)13(16)14(18)17-10(3)11-7-5-6-8-12(11)15/h5-10,13H,4,16H2,1-3H3,(H,17,18)/t9-,10?,13-/m0/s1. The van der Waals surface area contributed by atoms with E-state index in [0.29, 0.717) is 5.56 Å². The minimum Gasteiger partial charge on any atom is -0.348 e. The smallest absolute Gasteiger partial charge is 0.237 e. The zero-order valence-corrected chi connectivity index (χ0v) is 11.1. The Hall–Kier alpha value is -1.42. The highest BCUT2D eigenvalue weighted by atomic mass is 19.1. The van der Waals surface area contributed by atoms with Crippen LogP contribution < -0.4 is 11.1 Å². The molecule has 0 saturated heterocycles. The van der Waals surface area contributed by atoms with Gasteiger partial charge in [-0.1, -0.05) is 38.5 Å². The lowest BCUT2D eigenvalue weighted by atomic mass is 9.98. The first-order chi connectivity index (χ1) is 8.47. The monoisotopic (exact) mass is 252 g/mol. The molecule has 0 aromatic heterocycles. The Morgan fingerprint density at radius 2 is 2.00 bits per heavy atom. The quantitative estimate of drug-likeness (QED) is 0.845. The third kappa shape index (κ3) is 3.53. The van der Waals surface area contributed by atoms with E-state index in [1.807, 2.05) is 13.8 Å². The van der Waals surface area contributed by atoms with Crippen molar-refractivity contribution < 1.29 is 9.18 Å². The van der Waals surface area contributed by atoms with Gasteiger partial charge in [0.25, 0.3) is 0 Å². The molecule has 0 heterocycles. The molecule has 1 rings (SSSR count). The Morgan fingerprint density at radius 3 is 2.56 bits per heavy atom. The number of carbonyl (C=O) groups is 1. The van der Waals surface area contributed by atoms with Crippen molar-refractivity contribution in [2.45, 2.75) is 39.3 Å². The fraction of sp³-hybridized carbons (Fsp3) is 0.500. The van der Waals surface area contributed by atoms with E-state index in [9.17, 15) is 9.18 Å². The first kappa shape index (κ1) is 14.6. The van der Waals surface area contributed by atoms with E-state index >= 15 is 0 Å². The summed E-state index contributed by atoms with van der Waals surface area (Å²) in [5, 5.41) is 2.75. The molecule has 3 N–H and O–H groups in total. The lowest BCUT2D eigenvalue weighted by molar-refractivity contribution is -0.124. The zero-order chi connectivity index (χ0) is 13.7. The van der Waals surface area contributed by atoms with Gasteiger partial charge in [0, 0.05) is 5.56 Å². The molecule has 0 fully saturated rings. The Morgan fingerprint density at radius 1 is 1.39 bits per heavy atom. The number of hydrogen-bond donors (Lipinski definition) is 2. The van der Waals surface area contributed by atoms with E-state index in [4.69, 9.17) is 5.73 Å². The van der Waals surface area contributed by atoms with E-state index in [1.165, 1.54) is 6.07 Å². The predicted octanol–water partition coefficient (Wildman–Crippen LogP) is 2.38. The van der Waals surface area contributed by atoms with Crippen LogP contribution in [0.15, 0.2) is 24.3 Å². The number of amides is 1. The Bertz CT molecular complexity index is 409. The Labute approximate surface area is 108 Å². The highest BCUT2D eigenvalue weighted by Gasteiger charge is 2.21. The molecule has 1 aromatic rings. The second kappa shape index (κ2) is 6.50. The van der Waals surface area contributed by atoms with E-state index < -0.39 is 6.04 Å². The van der Waals surface area contributed by atoms with Gasteiger partial charge in [-0.05, 0) is 18.9 Å². The molecule has 0 spiro atoms. The van der Waals surface area contributed by atoms with Gasteiger partial charge < -0.3 is 11.1 Å². The molecule has 18 heavy (non-hydrogen) atoms. The van der Waals surface area contributed by atoms with E-state index in [1.54, 1.807) is 25.1 Å². The van der Waals surface area contributed by atoms with Crippen molar-refractivity contribution in [3.63, 3.8) is 0 Å². The van der Waals surface area contributed by atoms with E-state index in [0.717, 1.165) is 6.42 Å². The minimum atomic E-state index is -0.552. The average Bonchev–Trinajstić information content (AvgIpc) is 2.37. The number of benzene rings is 1. The molecule has 0 aliphatic heterocycles. The molecule has 1 aromatic carbocycles. The van der Waals surface area contributed by atoms with Crippen LogP contribution in [0.1, 0.15) is 38.8 Å². The Balaban J connectivity index is 2.68. The fourth-order valence-electron chi connectivity index (χ4n) is 1.73. The summed E-state index contributed by atoms with van der Waals surface area (Å²) in [6.45, 7) is 5.66. The number of carbonyl (C=O) groups excluding carboxylic acids is 1. The van der Waals surface area contributed by atoms with Crippen molar-refractivity contribution in [2.24, 2.45) is 11.7 Å². The largest absolute Gasteiger partial charge is 0.348 e. The number of rotatable bonds is 5. The summed E-state index contributed by atoms with van der Waals surface area (Å²) in [6.07, 6.45) is 0.836. The molecule has 0 bridgehead atoms. The molecule has 3 nitrogen and oxygen atoms in total. The molecule has 0 aliphatic rings. The Kier molecular flexibility index (Phi) is 5.28. The van der Waals surface area contributed by atoms with Crippen LogP contribution in [0.2, 0.25) is 0 Å². The molecule has 0 radical (unpaired) electrons. The zero-order valence-electron chi connectivity index (χ0n) is 11.1. The molecule has 1 amide bonds. The number of nitrogens with two attached hydrogens (primary N) is 1. The van der Waals surface area contributed by atoms with Gasteiger partial charge in [-0.3, -0.25) is 4.79 Å². The topological polar surface area (TPSA) is 55.1 Å². The number of halogens is 1. The second-order valence-electron chi connectivity index (χ2n) is 4.66. The van der Waals surface area contributed by atoms with Crippen LogP contribution in [0, 0.1) is 11.7 Å². The van der Waals surface area contributed by atoms with Crippen molar-refractivity contribution in [3.8, 4) is 0 Å². The maximum absolute atomic E-state index is 13.5. The molecule has 100 valence electrons. The lowest BCUT2D eigenvalue weighted by Crippen LogP contribution is -2.45. The fourth-order valence-corrected chi connectivity index (χ4v) is 1.73. The summed E-state index contributed by atoms with van der Waals surface area (Å²) >= 11 is 0. The number of hydrogen-bond acceptors (Lipinski definition) is 2. The van der Waals surface area contributed by atoms with Crippen LogP contribution in [0.3, 0.4) is 0 Å². The highest BCUT2D eigenvalue weighted by Crippen LogP contribution is 2.16. The van der Waals surface area contributed by atoms with Gasteiger partial charge in [0.15, 0.2) is 0 Å². The molecular formula is C14H21FN2O. The van der Waals surface area contributed by atoms with Crippen LogP contribution in [-0.4, -0.2) is 11.9 Å². The molecule has 4 heteroatoms. The predicted molar refractivity (Wildman–Crippen MR) is 70.4 cm³/mol. The summed E-state index contributed by atoms with van der Waals surface area (Å²) < 4.78 is 13.5. The molecule has 3 atom stereocenters. The maximum atomic E-state index is 13.5. The van der Waals surface area contributed by atoms with Crippen LogP contribution in [0.4, 0.5) is 4.39 Å². The summed E-state index contributed by atoms with van der Waals surface area (Å²) in [7, 11) is 0. The van der Waals surface area contributed by atoms with Gasteiger partial charge in [0.05, 0.1) is 12.1 Å². The SMILES string of the molecule is CC[C@H](C)[C@H](N)C(=O)NC(C)c1ccccc1F. The first-order valence-corrected chi connectivity index (χ1v) is 6.27. The summed E-state index contributed by atoms with van der Waals surface area (Å²) in [6, 6.07) is 5.48. The van der Waals surface area contributed by atoms with Gasteiger partial charge in [0.2, 0.25) is 5.91 Å². The van der Waals surface area contributed by atoms with Gasteiger partial charge in [-0.25, -0.2) is 4.39 Å². The van der Waals surface area contributed by atoms with Gasteiger partial charge in [0.1, 0.15) is 5.82 Å². The maximum Gasteiger partial charge on any atom is 0.237 e.